The van der Waals surface area contributed by atoms with Gasteiger partial charge < -0.3 is 19.4 Å². The summed E-state index contributed by atoms with van der Waals surface area (Å²) in [6.07, 6.45) is 3.87. The number of rotatable bonds is 4. The van der Waals surface area contributed by atoms with E-state index >= 15 is 0 Å². The lowest BCUT2D eigenvalue weighted by Crippen LogP contribution is -2.06. The predicted octanol–water partition coefficient (Wildman–Crippen LogP) is 5.47. The monoisotopic (exact) mass is 411 g/mol. The minimum Gasteiger partial charge on any atom is -0.454 e. The van der Waals surface area contributed by atoms with Crippen LogP contribution in [0.5, 0.6) is 11.5 Å². The van der Waals surface area contributed by atoms with Gasteiger partial charge >= 0.3 is 0 Å². The number of hydrogen-bond acceptors (Lipinski definition) is 4. The largest absolute Gasteiger partial charge is 0.454 e. The summed E-state index contributed by atoms with van der Waals surface area (Å²) < 4.78 is 11.0. The Bertz CT molecular complexity index is 1390. The maximum Gasteiger partial charge on any atom is 0.277 e. The summed E-state index contributed by atoms with van der Waals surface area (Å²) in [5, 5.41) is 14.1. The maximum absolute atomic E-state index is 12.1. The summed E-state index contributed by atoms with van der Waals surface area (Å²) in [5.41, 5.74) is 4.44. The van der Waals surface area contributed by atoms with Crippen molar-refractivity contribution >= 4 is 27.5 Å². The highest BCUT2D eigenvalue weighted by molar-refractivity contribution is 5.89. The van der Waals surface area contributed by atoms with Crippen molar-refractivity contribution < 1.29 is 14.4 Å². The Morgan fingerprint density at radius 2 is 1.35 bits per heavy atom. The van der Waals surface area contributed by atoms with Crippen molar-refractivity contribution in [2.24, 2.45) is 0 Å². The minimum atomic E-state index is -0.387. The first-order valence-corrected chi connectivity index (χ1v) is 9.90. The highest BCUT2D eigenvalue weighted by Crippen LogP contribution is 2.47. The van der Waals surface area contributed by atoms with Crippen molar-refractivity contribution in [3.63, 3.8) is 0 Å². The van der Waals surface area contributed by atoms with Crippen LogP contribution >= 0.6 is 0 Å². The van der Waals surface area contributed by atoms with Crippen molar-refractivity contribution in [1.29, 1.82) is 0 Å². The summed E-state index contributed by atoms with van der Waals surface area (Å²) in [7, 11) is 0. The van der Waals surface area contributed by atoms with E-state index in [0.29, 0.717) is 17.1 Å². The van der Waals surface area contributed by atoms with Gasteiger partial charge in [0.1, 0.15) is 0 Å². The Morgan fingerprint density at radius 1 is 0.806 bits per heavy atom. The Labute approximate surface area is 176 Å². The van der Waals surface area contributed by atoms with E-state index in [0.717, 1.165) is 32.9 Å². The third-order valence-electron chi connectivity index (χ3n) is 5.89. The van der Waals surface area contributed by atoms with Gasteiger partial charge in [-0.3, -0.25) is 10.1 Å². The molecule has 7 nitrogen and oxygen atoms in total. The lowest BCUT2D eigenvalue weighted by molar-refractivity contribution is -0.385. The Balaban J connectivity index is 1.69. The van der Waals surface area contributed by atoms with Crippen molar-refractivity contribution in [1.82, 2.24) is 9.97 Å². The zero-order valence-electron chi connectivity index (χ0n) is 16.3. The maximum atomic E-state index is 12.1. The third-order valence-corrected chi connectivity index (χ3v) is 5.89. The average Bonchev–Trinajstić information content (AvgIpc) is 3.52. The second-order valence-corrected chi connectivity index (χ2v) is 7.53. The topological polar surface area (TPSA) is 93.2 Å². The first-order chi connectivity index (χ1) is 15.2. The molecule has 0 radical (unpaired) electrons. The number of aromatic amines is 2. The number of fused-ring (bicyclic) bond motifs is 3. The number of nitro benzene ring substituents is 1. The Morgan fingerprint density at radius 3 is 1.94 bits per heavy atom. The smallest absolute Gasteiger partial charge is 0.277 e. The molecule has 0 aliphatic carbocycles. The van der Waals surface area contributed by atoms with Crippen molar-refractivity contribution in [2.45, 2.75) is 5.92 Å². The van der Waals surface area contributed by atoms with Gasteiger partial charge in [-0.2, -0.15) is 0 Å². The van der Waals surface area contributed by atoms with Crippen LogP contribution in [0.3, 0.4) is 0 Å². The van der Waals surface area contributed by atoms with Crippen molar-refractivity contribution in [3.8, 4) is 11.5 Å². The van der Waals surface area contributed by atoms with E-state index in [1.807, 2.05) is 60.9 Å². The average molecular weight is 411 g/mol. The van der Waals surface area contributed by atoms with Crippen molar-refractivity contribution in [3.05, 3.63) is 99.9 Å². The number of benzene rings is 3. The zero-order chi connectivity index (χ0) is 20.9. The number of ether oxygens (including phenoxy) is 2. The molecule has 0 fully saturated rings. The number of hydrogen-bond donors (Lipinski definition) is 2. The molecule has 1 aliphatic heterocycles. The zero-order valence-corrected chi connectivity index (χ0v) is 16.3. The molecule has 5 aromatic rings. The third kappa shape index (κ3) is 2.67. The summed E-state index contributed by atoms with van der Waals surface area (Å²) >= 11 is 0. The van der Waals surface area contributed by atoms with E-state index in [2.05, 4.69) is 9.97 Å². The van der Waals surface area contributed by atoms with E-state index in [1.54, 1.807) is 6.07 Å². The fourth-order valence-electron chi connectivity index (χ4n) is 4.50. The van der Waals surface area contributed by atoms with Crippen LogP contribution < -0.4 is 9.47 Å². The van der Waals surface area contributed by atoms with E-state index in [-0.39, 0.29) is 23.3 Å². The molecule has 31 heavy (non-hydrogen) atoms. The van der Waals surface area contributed by atoms with Crippen LogP contribution in [-0.2, 0) is 0 Å². The SMILES string of the molecule is O=[N+]([O-])c1cc2c(cc1C(c1c[nH]c3ccccc13)c1c[nH]c3ccccc13)OCO2. The molecule has 152 valence electrons. The van der Waals surface area contributed by atoms with E-state index < -0.39 is 0 Å². The number of aromatic nitrogens is 2. The van der Waals surface area contributed by atoms with Gasteiger partial charge in [-0.25, -0.2) is 0 Å². The molecule has 0 atom stereocenters. The standard InChI is InChI=1S/C24H17N3O4/c28-27(29)21-10-23-22(30-13-31-23)9-16(21)24(17-11-25-19-7-3-1-5-14(17)19)18-12-26-20-8-4-2-6-15(18)20/h1-12,24-26H,13H2. The quantitative estimate of drug-likeness (QED) is 0.303. The Kier molecular flexibility index (Phi) is 3.76. The van der Waals surface area contributed by atoms with Crippen LogP contribution in [0.15, 0.2) is 73.1 Å². The molecule has 0 bridgehead atoms. The number of nitro groups is 1. The molecular weight excluding hydrogens is 394 g/mol. The molecule has 0 amide bonds. The van der Waals surface area contributed by atoms with Crippen LogP contribution in [0, 0.1) is 10.1 Å². The van der Waals surface area contributed by atoms with E-state index in [9.17, 15) is 10.1 Å². The normalized spacial score (nSPS) is 12.8. The molecular formula is C24H17N3O4. The lowest BCUT2D eigenvalue weighted by atomic mass is 9.83. The highest BCUT2D eigenvalue weighted by atomic mass is 16.7. The number of nitrogens with one attached hydrogen (secondary N) is 2. The molecule has 0 spiro atoms. The number of para-hydroxylation sites is 2. The summed E-state index contributed by atoms with van der Waals surface area (Å²) in [6, 6.07) is 19.1. The molecule has 0 saturated carbocycles. The first kappa shape index (κ1) is 17.6. The molecule has 2 N–H and O–H groups in total. The number of H-pyrrole nitrogens is 2. The van der Waals surface area contributed by atoms with Gasteiger partial charge in [0.15, 0.2) is 11.5 Å². The number of nitrogens with zero attached hydrogens (tertiary/aromatic N) is 1. The first-order valence-electron chi connectivity index (χ1n) is 9.90. The fraction of sp³-hybridized carbons (Fsp3) is 0.0833. The van der Waals surface area contributed by atoms with Crippen molar-refractivity contribution in [2.75, 3.05) is 6.79 Å². The van der Waals surface area contributed by atoms with Crippen LogP contribution in [0.2, 0.25) is 0 Å². The van der Waals surface area contributed by atoms with Gasteiger partial charge in [-0.1, -0.05) is 36.4 Å². The van der Waals surface area contributed by atoms with E-state index in [1.165, 1.54) is 6.07 Å². The summed E-state index contributed by atoms with van der Waals surface area (Å²) in [6.45, 7) is 0.0563. The molecule has 6 rings (SSSR count). The minimum absolute atomic E-state index is 0.00446. The predicted molar refractivity (Wildman–Crippen MR) is 117 cm³/mol. The van der Waals surface area contributed by atoms with Gasteiger partial charge in [-0.15, -0.1) is 0 Å². The molecule has 0 unspecified atom stereocenters. The van der Waals surface area contributed by atoms with Gasteiger partial charge in [0.2, 0.25) is 6.79 Å². The van der Waals surface area contributed by atoms with Crippen LogP contribution in [0.25, 0.3) is 21.8 Å². The van der Waals surface area contributed by atoms with Gasteiger partial charge in [0.25, 0.3) is 5.69 Å². The fourth-order valence-corrected chi connectivity index (χ4v) is 4.50. The van der Waals surface area contributed by atoms with Crippen LogP contribution in [0.4, 0.5) is 5.69 Å². The van der Waals surface area contributed by atoms with E-state index in [4.69, 9.17) is 9.47 Å². The Hall–Kier alpha value is -4.26. The molecule has 2 aromatic heterocycles. The second-order valence-electron chi connectivity index (χ2n) is 7.53. The molecule has 0 saturated heterocycles. The molecule has 1 aliphatic rings. The van der Waals surface area contributed by atoms with Crippen LogP contribution in [-0.4, -0.2) is 21.7 Å². The molecule has 7 heteroatoms. The molecule has 3 heterocycles. The van der Waals surface area contributed by atoms with Crippen LogP contribution in [0.1, 0.15) is 22.6 Å². The van der Waals surface area contributed by atoms with Gasteiger partial charge in [-0.05, 0) is 29.3 Å². The van der Waals surface area contributed by atoms with Gasteiger partial charge in [0, 0.05) is 45.7 Å². The second kappa shape index (κ2) is 6.63. The highest BCUT2D eigenvalue weighted by Gasteiger charge is 2.32. The molecule has 3 aromatic carbocycles. The van der Waals surface area contributed by atoms with Gasteiger partial charge in [0.05, 0.1) is 11.0 Å². The summed E-state index contributed by atoms with van der Waals surface area (Å²) in [4.78, 5) is 18.4. The summed E-state index contributed by atoms with van der Waals surface area (Å²) in [5.74, 6) is 0.527. The lowest BCUT2D eigenvalue weighted by Gasteiger charge is -2.18.